The van der Waals surface area contributed by atoms with Crippen LogP contribution in [0.4, 0.5) is 15.6 Å². The van der Waals surface area contributed by atoms with Crippen LogP contribution in [0.5, 0.6) is 5.75 Å². The fourth-order valence-corrected chi connectivity index (χ4v) is 3.61. The van der Waals surface area contributed by atoms with Gasteiger partial charge in [-0.05, 0) is 30.3 Å². The molecule has 8 heteroatoms. The SMILES string of the molecule is COc1ccc2nc(N(Cc3cnc[nH]3)C(=O)Nc3ccccc3)sc2c1. The topological polar surface area (TPSA) is 83.1 Å². The molecule has 0 fully saturated rings. The monoisotopic (exact) mass is 379 g/mol. The fraction of sp³-hybridized carbons (Fsp3) is 0.105. The maximum absolute atomic E-state index is 13.0. The summed E-state index contributed by atoms with van der Waals surface area (Å²) in [5.74, 6) is 0.756. The van der Waals surface area contributed by atoms with Crippen molar-refractivity contribution in [2.45, 2.75) is 6.54 Å². The number of amides is 2. The number of ether oxygens (including phenoxy) is 1. The number of H-pyrrole nitrogens is 1. The van der Waals surface area contributed by atoms with Gasteiger partial charge in [-0.25, -0.2) is 14.8 Å². The number of methoxy groups -OCH3 is 1. The molecule has 136 valence electrons. The average molecular weight is 379 g/mol. The minimum Gasteiger partial charge on any atom is -0.497 e. The van der Waals surface area contributed by atoms with Crippen LogP contribution in [0.25, 0.3) is 10.2 Å². The third-order valence-electron chi connectivity index (χ3n) is 3.97. The Kier molecular flexibility index (Phi) is 4.71. The summed E-state index contributed by atoms with van der Waals surface area (Å²) >= 11 is 1.44. The number of aromatic amines is 1. The van der Waals surface area contributed by atoms with Gasteiger partial charge < -0.3 is 15.0 Å². The van der Waals surface area contributed by atoms with Crippen molar-refractivity contribution in [3.8, 4) is 5.75 Å². The van der Waals surface area contributed by atoms with Gasteiger partial charge in [0.15, 0.2) is 5.13 Å². The third kappa shape index (κ3) is 3.75. The van der Waals surface area contributed by atoms with E-state index in [4.69, 9.17) is 4.74 Å². The van der Waals surface area contributed by atoms with Crippen LogP contribution in [0.3, 0.4) is 0 Å². The minimum atomic E-state index is -0.262. The van der Waals surface area contributed by atoms with E-state index >= 15 is 0 Å². The van der Waals surface area contributed by atoms with E-state index in [2.05, 4.69) is 20.3 Å². The zero-order valence-corrected chi connectivity index (χ0v) is 15.4. The van der Waals surface area contributed by atoms with E-state index in [0.717, 1.165) is 27.3 Å². The summed E-state index contributed by atoms with van der Waals surface area (Å²) in [4.78, 5) is 26.2. The zero-order valence-electron chi connectivity index (χ0n) is 14.5. The number of urea groups is 1. The van der Waals surface area contributed by atoms with E-state index in [9.17, 15) is 4.79 Å². The maximum atomic E-state index is 13.0. The lowest BCUT2D eigenvalue weighted by Gasteiger charge is -2.19. The number of imidazole rings is 1. The number of hydrogen-bond acceptors (Lipinski definition) is 5. The van der Waals surface area contributed by atoms with Crippen molar-refractivity contribution in [3.05, 3.63) is 66.7 Å². The molecule has 2 aromatic carbocycles. The lowest BCUT2D eigenvalue weighted by Crippen LogP contribution is -2.34. The molecule has 0 radical (unpaired) electrons. The van der Waals surface area contributed by atoms with Gasteiger partial charge in [-0.2, -0.15) is 0 Å². The summed E-state index contributed by atoms with van der Waals surface area (Å²) in [6.07, 6.45) is 3.28. The van der Waals surface area contributed by atoms with Crippen LogP contribution in [-0.2, 0) is 6.54 Å². The first kappa shape index (κ1) is 17.0. The summed E-state index contributed by atoms with van der Waals surface area (Å²) in [6, 6.07) is 14.7. The number of para-hydroxylation sites is 1. The highest BCUT2D eigenvalue weighted by molar-refractivity contribution is 7.22. The molecule has 27 heavy (non-hydrogen) atoms. The van der Waals surface area contributed by atoms with Crippen LogP contribution in [0.2, 0.25) is 0 Å². The minimum absolute atomic E-state index is 0.262. The molecular weight excluding hydrogens is 362 g/mol. The van der Waals surface area contributed by atoms with E-state index in [1.807, 2.05) is 48.5 Å². The van der Waals surface area contributed by atoms with E-state index in [1.165, 1.54) is 11.3 Å². The van der Waals surface area contributed by atoms with Crippen molar-refractivity contribution in [1.82, 2.24) is 15.0 Å². The van der Waals surface area contributed by atoms with Crippen molar-refractivity contribution in [2.24, 2.45) is 0 Å². The average Bonchev–Trinajstić information content (AvgIpc) is 3.35. The van der Waals surface area contributed by atoms with Gasteiger partial charge in [0, 0.05) is 11.9 Å². The summed E-state index contributed by atoms with van der Waals surface area (Å²) in [5, 5.41) is 3.51. The summed E-state index contributed by atoms with van der Waals surface area (Å²) < 4.78 is 6.23. The maximum Gasteiger partial charge on any atom is 0.328 e. The molecule has 0 unspecified atom stereocenters. The van der Waals surface area contributed by atoms with Crippen LogP contribution < -0.4 is 15.0 Å². The summed E-state index contributed by atoms with van der Waals surface area (Å²) in [7, 11) is 1.63. The molecule has 0 spiro atoms. The largest absolute Gasteiger partial charge is 0.497 e. The molecule has 2 heterocycles. The van der Waals surface area contributed by atoms with Gasteiger partial charge in [0.25, 0.3) is 0 Å². The number of fused-ring (bicyclic) bond motifs is 1. The lowest BCUT2D eigenvalue weighted by molar-refractivity contribution is 0.256. The first-order valence-electron chi connectivity index (χ1n) is 8.28. The fourth-order valence-electron chi connectivity index (χ4n) is 2.62. The van der Waals surface area contributed by atoms with Crippen LogP contribution in [0, 0.1) is 0 Å². The molecule has 4 rings (SSSR count). The Morgan fingerprint density at radius 3 is 2.85 bits per heavy atom. The van der Waals surface area contributed by atoms with E-state index < -0.39 is 0 Å². The predicted octanol–water partition coefficient (Wildman–Crippen LogP) is 4.27. The van der Waals surface area contributed by atoms with Crippen LogP contribution in [0.1, 0.15) is 5.69 Å². The van der Waals surface area contributed by atoms with Gasteiger partial charge in [-0.1, -0.05) is 29.5 Å². The molecule has 4 aromatic rings. The highest BCUT2D eigenvalue weighted by Gasteiger charge is 2.21. The number of anilines is 2. The number of thiazole rings is 1. The Balaban J connectivity index is 1.67. The van der Waals surface area contributed by atoms with Crippen molar-refractivity contribution in [2.75, 3.05) is 17.3 Å². The van der Waals surface area contributed by atoms with Gasteiger partial charge in [0.2, 0.25) is 0 Å². The number of rotatable bonds is 5. The van der Waals surface area contributed by atoms with Gasteiger partial charge in [-0.15, -0.1) is 0 Å². The molecule has 2 amide bonds. The number of nitrogens with zero attached hydrogens (tertiary/aromatic N) is 3. The van der Waals surface area contributed by atoms with Crippen molar-refractivity contribution >= 4 is 38.4 Å². The molecular formula is C19H17N5O2S. The third-order valence-corrected chi connectivity index (χ3v) is 5.01. The van der Waals surface area contributed by atoms with Crippen LogP contribution >= 0.6 is 11.3 Å². The number of nitrogens with one attached hydrogen (secondary N) is 2. The number of aromatic nitrogens is 3. The second-order valence-electron chi connectivity index (χ2n) is 5.79. The van der Waals surface area contributed by atoms with Crippen molar-refractivity contribution in [3.63, 3.8) is 0 Å². The Labute approximate surface area is 159 Å². The Bertz CT molecular complexity index is 1050. The smallest absolute Gasteiger partial charge is 0.328 e. The zero-order chi connectivity index (χ0) is 18.6. The summed E-state index contributed by atoms with van der Waals surface area (Å²) in [5.41, 5.74) is 2.35. The standard InChI is InChI=1S/C19H17N5O2S/c1-26-15-7-8-16-17(9-15)27-19(23-16)24(11-14-10-20-12-21-14)18(25)22-13-5-3-2-4-6-13/h2-10,12H,11H2,1H3,(H,20,21)(H,22,25). The molecule has 0 aliphatic carbocycles. The normalized spacial score (nSPS) is 10.7. The Morgan fingerprint density at radius 1 is 1.26 bits per heavy atom. The highest BCUT2D eigenvalue weighted by atomic mass is 32.1. The molecule has 0 saturated carbocycles. The number of benzene rings is 2. The molecule has 0 saturated heterocycles. The first-order chi connectivity index (χ1) is 13.2. The molecule has 0 bridgehead atoms. The highest BCUT2D eigenvalue weighted by Crippen LogP contribution is 2.32. The molecule has 0 atom stereocenters. The van der Waals surface area contributed by atoms with Crippen LogP contribution in [-0.4, -0.2) is 28.1 Å². The van der Waals surface area contributed by atoms with E-state index in [0.29, 0.717) is 11.7 Å². The predicted molar refractivity (Wildman–Crippen MR) is 106 cm³/mol. The summed E-state index contributed by atoms with van der Waals surface area (Å²) in [6.45, 7) is 0.329. The molecule has 7 nitrogen and oxygen atoms in total. The first-order valence-corrected chi connectivity index (χ1v) is 9.10. The Hall–Kier alpha value is -3.39. The van der Waals surface area contributed by atoms with Gasteiger partial charge in [0.1, 0.15) is 5.75 Å². The van der Waals surface area contributed by atoms with Crippen LogP contribution in [0.15, 0.2) is 61.1 Å². The molecule has 0 aliphatic heterocycles. The van der Waals surface area contributed by atoms with Crippen molar-refractivity contribution in [1.29, 1.82) is 0 Å². The van der Waals surface area contributed by atoms with Gasteiger partial charge in [0.05, 0.1) is 35.9 Å². The number of carbonyl (C=O) groups is 1. The number of carbonyl (C=O) groups excluding carboxylic acids is 1. The second kappa shape index (κ2) is 7.46. The quantitative estimate of drug-likeness (QED) is 0.542. The lowest BCUT2D eigenvalue weighted by atomic mass is 10.3. The molecule has 2 aromatic heterocycles. The number of hydrogen-bond donors (Lipinski definition) is 2. The van der Waals surface area contributed by atoms with Gasteiger partial charge in [-0.3, -0.25) is 4.90 Å². The van der Waals surface area contributed by atoms with E-state index in [-0.39, 0.29) is 6.03 Å². The van der Waals surface area contributed by atoms with E-state index in [1.54, 1.807) is 24.5 Å². The molecule has 0 aliphatic rings. The Morgan fingerprint density at radius 2 is 2.11 bits per heavy atom. The molecule has 2 N–H and O–H groups in total. The van der Waals surface area contributed by atoms with Gasteiger partial charge >= 0.3 is 6.03 Å². The van der Waals surface area contributed by atoms with Crippen molar-refractivity contribution < 1.29 is 9.53 Å². The second-order valence-corrected chi connectivity index (χ2v) is 6.80.